The molecule has 0 heterocycles. The van der Waals surface area contributed by atoms with Gasteiger partial charge in [0.2, 0.25) is 0 Å². The van der Waals surface area contributed by atoms with E-state index in [1.807, 2.05) is 22.6 Å². The topological polar surface area (TPSA) is 55.4 Å². The number of anilines is 1. The lowest BCUT2D eigenvalue weighted by Gasteiger charge is -2.09. The summed E-state index contributed by atoms with van der Waals surface area (Å²) in [7, 11) is -2.25. The molecule has 0 fully saturated rings. The van der Waals surface area contributed by atoms with Crippen molar-refractivity contribution >= 4 is 38.3 Å². The number of rotatable bonds is 5. The molecule has 0 unspecified atom stereocenters. The lowest BCUT2D eigenvalue weighted by Crippen LogP contribution is -2.14. The van der Waals surface area contributed by atoms with Crippen molar-refractivity contribution in [1.82, 2.24) is 0 Å². The van der Waals surface area contributed by atoms with Gasteiger partial charge < -0.3 is 4.74 Å². The summed E-state index contributed by atoms with van der Waals surface area (Å²) in [6.45, 7) is 0.402. The number of hydrogen-bond acceptors (Lipinski definition) is 3. The fraction of sp³-hybridized carbons (Fsp3) is 0.143. The summed E-state index contributed by atoms with van der Waals surface area (Å²) in [4.78, 5) is 0.0697. The fourth-order valence-corrected chi connectivity index (χ4v) is 3.23. The minimum atomic E-state index is -3.81. The maximum absolute atomic E-state index is 13.7. The Morgan fingerprint density at radius 3 is 2.43 bits per heavy atom. The number of benzene rings is 2. The molecule has 0 saturated carbocycles. The highest BCUT2D eigenvalue weighted by molar-refractivity contribution is 14.1. The zero-order valence-corrected chi connectivity index (χ0v) is 14.1. The molecule has 2 rings (SSSR count). The van der Waals surface area contributed by atoms with Crippen molar-refractivity contribution in [2.24, 2.45) is 0 Å². The molecule has 0 bridgehead atoms. The van der Waals surface area contributed by atoms with E-state index in [-0.39, 0.29) is 10.6 Å². The van der Waals surface area contributed by atoms with Gasteiger partial charge in [0.25, 0.3) is 10.0 Å². The van der Waals surface area contributed by atoms with E-state index in [0.717, 1.165) is 5.56 Å². The Kier molecular flexibility index (Phi) is 5.17. The molecule has 0 radical (unpaired) electrons. The fourth-order valence-electron chi connectivity index (χ4n) is 1.71. The zero-order valence-electron chi connectivity index (χ0n) is 11.1. The van der Waals surface area contributed by atoms with E-state index in [4.69, 9.17) is 4.74 Å². The highest BCUT2D eigenvalue weighted by atomic mass is 127. The smallest absolute Gasteiger partial charge is 0.261 e. The zero-order chi connectivity index (χ0) is 15.5. The maximum Gasteiger partial charge on any atom is 0.261 e. The van der Waals surface area contributed by atoms with Crippen molar-refractivity contribution in [2.45, 2.75) is 11.5 Å². The van der Waals surface area contributed by atoms with E-state index in [9.17, 15) is 12.8 Å². The number of halogens is 2. The summed E-state index contributed by atoms with van der Waals surface area (Å²) >= 11 is 1.95. The first-order valence-electron chi connectivity index (χ1n) is 5.98. The number of hydrogen-bond donors (Lipinski definition) is 1. The van der Waals surface area contributed by atoms with Gasteiger partial charge in [-0.1, -0.05) is 12.1 Å². The molecular weight excluding hydrogens is 408 g/mol. The average molecular weight is 421 g/mol. The van der Waals surface area contributed by atoms with Crippen molar-refractivity contribution in [1.29, 1.82) is 0 Å². The third kappa shape index (κ3) is 4.14. The van der Waals surface area contributed by atoms with Crippen LogP contribution in [-0.2, 0) is 21.4 Å². The molecular formula is C14H13FINO3S. The normalized spacial score (nSPS) is 11.4. The summed E-state index contributed by atoms with van der Waals surface area (Å²) in [6, 6.07) is 10.5. The van der Waals surface area contributed by atoms with Gasteiger partial charge in [0.1, 0.15) is 5.82 Å². The van der Waals surface area contributed by atoms with Crippen molar-refractivity contribution in [3.8, 4) is 0 Å². The van der Waals surface area contributed by atoms with Gasteiger partial charge in [0.15, 0.2) is 0 Å². The Balaban J connectivity index is 2.25. The quantitative estimate of drug-likeness (QED) is 0.754. The van der Waals surface area contributed by atoms with Gasteiger partial charge >= 0.3 is 0 Å². The van der Waals surface area contributed by atoms with Gasteiger partial charge in [-0.25, -0.2) is 12.8 Å². The first-order valence-corrected chi connectivity index (χ1v) is 8.54. The molecule has 0 spiro atoms. The first kappa shape index (κ1) is 16.2. The van der Waals surface area contributed by atoms with Gasteiger partial charge in [-0.2, -0.15) is 0 Å². The Bertz CT molecular complexity index is 732. The standard InChI is InChI=1S/C14H13FINO3S/c1-20-9-10-2-5-12(6-3-10)21(18,19)17-14-7-4-11(16)8-13(14)15/h2-8,17H,9H2,1H3. The summed E-state index contributed by atoms with van der Waals surface area (Å²) < 4.78 is 46.0. The largest absolute Gasteiger partial charge is 0.380 e. The summed E-state index contributed by atoms with van der Waals surface area (Å²) in [5.41, 5.74) is 0.785. The molecule has 0 saturated heterocycles. The summed E-state index contributed by atoms with van der Waals surface area (Å²) in [5, 5.41) is 0. The third-order valence-electron chi connectivity index (χ3n) is 2.72. The molecule has 0 amide bonds. The van der Waals surface area contributed by atoms with Crippen LogP contribution in [-0.4, -0.2) is 15.5 Å². The Labute approximate surface area is 136 Å². The first-order chi connectivity index (χ1) is 9.92. The minimum Gasteiger partial charge on any atom is -0.380 e. The van der Waals surface area contributed by atoms with Crippen LogP contribution in [0.1, 0.15) is 5.56 Å². The molecule has 112 valence electrons. The van der Waals surface area contributed by atoms with Crippen LogP contribution in [0.15, 0.2) is 47.4 Å². The van der Waals surface area contributed by atoms with Crippen molar-refractivity contribution in [3.05, 3.63) is 57.4 Å². The van der Waals surface area contributed by atoms with E-state index >= 15 is 0 Å². The van der Waals surface area contributed by atoms with Crippen LogP contribution in [0.3, 0.4) is 0 Å². The van der Waals surface area contributed by atoms with E-state index in [1.165, 1.54) is 24.3 Å². The number of nitrogens with one attached hydrogen (secondary N) is 1. The Morgan fingerprint density at radius 1 is 1.19 bits per heavy atom. The predicted molar refractivity (Wildman–Crippen MR) is 87.1 cm³/mol. The second kappa shape index (κ2) is 6.71. The monoisotopic (exact) mass is 421 g/mol. The molecule has 0 aliphatic rings. The van der Waals surface area contributed by atoms with Crippen molar-refractivity contribution < 1.29 is 17.5 Å². The lowest BCUT2D eigenvalue weighted by molar-refractivity contribution is 0.185. The van der Waals surface area contributed by atoms with E-state index in [1.54, 1.807) is 25.3 Å². The second-order valence-electron chi connectivity index (χ2n) is 4.31. The highest BCUT2D eigenvalue weighted by Gasteiger charge is 2.16. The van der Waals surface area contributed by atoms with Crippen LogP contribution in [0, 0.1) is 9.39 Å². The minimum absolute atomic E-state index is 0.0697. The van der Waals surface area contributed by atoms with Crippen LogP contribution < -0.4 is 4.72 Å². The predicted octanol–water partition coefficient (Wildman–Crippen LogP) is 3.38. The maximum atomic E-state index is 13.7. The van der Waals surface area contributed by atoms with Crippen LogP contribution in [0.25, 0.3) is 0 Å². The van der Waals surface area contributed by atoms with Crippen LogP contribution in [0.5, 0.6) is 0 Å². The third-order valence-corrected chi connectivity index (χ3v) is 4.77. The molecule has 4 nitrogen and oxygen atoms in total. The summed E-state index contributed by atoms with van der Waals surface area (Å²) in [6.07, 6.45) is 0. The van der Waals surface area contributed by atoms with Crippen LogP contribution in [0.4, 0.5) is 10.1 Å². The molecule has 1 N–H and O–H groups in total. The summed E-state index contributed by atoms with van der Waals surface area (Å²) in [5.74, 6) is -0.610. The Hall–Kier alpha value is -1.19. The second-order valence-corrected chi connectivity index (χ2v) is 7.23. The molecule has 7 heteroatoms. The van der Waals surface area contributed by atoms with E-state index in [2.05, 4.69) is 4.72 Å². The molecule has 21 heavy (non-hydrogen) atoms. The molecule has 2 aromatic rings. The van der Waals surface area contributed by atoms with Gasteiger partial charge in [-0.05, 0) is 58.5 Å². The van der Waals surface area contributed by atoms with Crippen LogP contribution >= 0.6 is 22.6 Å². The molecule has 0 aliphatic carbocycles. The number of methoxy groups -OCH3 is 1. The molecule has 2 aromatic carbocycles. The van der Waals surface area contributed by atoms with Crippen molar-refractivity contribution in [3.63, 3.8) is 0 Å². The van der Waals surface area contributed by atoms with Crippen LogP contribution in [0.2, 0.25) is 0 Å². The van der Waals surface area contributed by atoms with Gasteiger partial charge in [-0.3, -0.25) is 4.72 Å². The average Bonchev–Trinajstić information content (AvgIpc) is 2.43. The molecule has 0 aliphatic heterocycles. The highest BCUT2D eigenvalue weighted by Crippen LogP contribution is 2.21. The van der Waals surface area contributed by atoms with Gasteiger partial charge in [-0.15, -0.1) is 0 Å². The van der Waals surface area contributed by atoms with Gasteiger partial charge in [0.05, 0.1) is 17.2 Å². The SMILES string of the molecule is COCc1ccc(S(=O)(=O)Nc2ccc(I)cc2F)cc1. The number of sulfonamides is 1. The molecule has 0 aromatic heterocycles. The number of ether oxygens (including phenoxy) is 1. The lowest BCUT2D eigenvalue weighted by atomic mass is 10.2. The van der Waals surface area contributed by atoms with Gasteiger partial charge in [0, 0.05) is 10.7 Å². The van der Waals surface area contributed by atoms with E-state index < -0.39 is 15.8 Å². The molecule has 0 atom stereocenters. The van der Waals surface area contributed by atoms with E-state index in [0.29, 0.717) is 10.2 Å². The van der Waals surface area contributed by atoms with Crippen molar-refractivity contribution in [2.75, 3.05) is 11.8 Å². The Morgan fingerprint density at radius 2 is 1.86 bits per heavy atom.